The fourth-order valence-corrected chi connectivity index (χ4v) is 2.73. The highest BCUT2D eigenvalue weighted by Crippen LogP contribution is 2.35. The molecule has 0 radical (unpaired) electrons. The van der Waals surface area contributed by atoms with Crippen LogP contribution in [0.4, 0.5) is 0 Å². The summed E-state index contributed by atoms with van der Waals surface area (Å²) in [6.07, 6.45) is 10.2. The van der Waals surface area contributed by atoms with Crippen LogP contribution in [0.25, 0.3) is 0 Å². The van der Waals surface area contributed by atoms with Crippen molar-refractivity contribution < 1.29 is 5.11 Å². The Labute approximate surface area is 146 Å². The molecule has 0 aromatic heterocycles. The first kappa shape index (κ1) is 24.3. The van der Waals surface area contributed by atoms with Gasteiger partial charge >= 0.3 is 0 Å². The van der Waals surface area contributed by atoms with E-state index in [0.717, 1.165) is 5.56 Å². The Hall–Kier alpha value is -0.980. The maximum Gasteiger partial charge on any atom is 0.121 e. The summed E-state index contributed by atoms with van der Waals surface area (Å²) in [6.45, 7) is 14.5. The predicted molar refractivity (Wildman–Crippen MR) is 107 cm³/mol. The molecule has 0 amide bonds. The van der Waals surface area contributed by atoms with E-state index in [4.69, 9.17) is 0 Å². The molecule has 1 nitrogen and oxygen atoms in total. The van der Waals surface area contributed by atoms with Gasteiger partial charge in [0.2, 0.25) is 0 Å². The summed E-state index contributed by atoms with van der Waals surface area (Å²) >= 11 is 0. The van der Waals surface area contributed by atoms with Crippen LogP contribution >= 0.6 is 0 Å². The number of aromatic hydroxyl groups is 1. The van der Waals surface area contributed by atoms with Crippen LogP contribution in [-0.2, 0) is 0 Å². The maximum absolute atomic E-state index is 10.3. The minimum atomic E-state index is 0.527. The third-order valence-electron chi connectivity index (χ3n) is 4.02. The molecule has 0 saturated heterocycles. The van der Waals surface area contributed by atoms with Crippen molar-refractivity contribution >= 4 is 0 Å². The third-order valence-corrected chi connectivity index (χ3v) is 4.02. The van der Waals surface area contributed by atoms with Crippen LogP contribution in [-0.4, -0.2) is 5.11 Å². The molecule has 1 aromatic rings. The molecule has 0 saturated carbocycles. The Morgan fingerprint density at radius 1 is 0.826 bits per heavy atom. The molecule has 0 fully saturated rings. The Morgan fingerprint density at radius 2 is 1.39 bits per heavy atom. The van der Waals surface area contributed by atoms with Crippen molar-refractivity contribution in [3.63, 3.8) is 0 Å². The number of para-hydroxylation sites is 1. The van der Waals surface area contributed by atoms with E-state index >= 15 is 0 Å². The Morgan fingerprint density at radius 3 is 1.96 bits per heavy atom. The van der Waals surface area contributed by atoms with Gasteiger partial charge in [0.1, 0.15) is 5.75 Å². The molecule has 0 spiro atoms. The first-order chi connectivity index (χ1) is 11.2. The largest absolute Gasteiger partial charge is 0.507 e. The van der Waals surface area contributed by atoms with E-state index in [0.29, 0.717) is 11.7 Å². The van der Waals surface area contributed by atoms with Gasteiger partial charge in [-0.2, -0.15) is 0 Å². The monoisotopic (exact) mass is 322 g/mol. The van der Waals surface area contributed by atoms with Gasteiger partial charge in [-0.15, -0.1) is 0 Å². The van der Waals surface area contributed by atoms with Crippen molar-refractivity contribution in [3.05, 3.63) is 29.3 Å². The van der Waals surface area contributed by atoms with Crippen molar-refractivity contribution in [2.45, 2.75) is 106 Å². The molecule has 1 unspecified atom stereocenters. The molecule has 1 heteroatoms. The standard InChI is InChI=1S/C18H30O.2C2H6/c1-4-6-8-9-13-16(12-7-5-2)17-14-10-11-15(3)18(17)19;2*1-2/h10-11,14,16,19H,4-9,12-13H2,1-3H3;2*1-2H3. The molecule has 0 aliphatic rings. The highest BCUT2D eigenvalue weighted by Gasteiger charge is 2.15. The number of phenols is 1. The predicted octanol–water partition coefficient (Wildman–Crippen LogP) is 8.00. The number of hydrogen-bond acceptors (Lipinski definition) is 1. The molecule has 0 bridgehead atoms. The lowest BCUT2D eigenvalue weighted by Crippen LogP contribution is -2.01. The van der Waals surface area contributed by atoms with Crippen LogP contribution < -0.4 is 0 Å². The average molecular weight is 323 g/mol. The van der Waals surface area contributed by atoms with Gasteiger partial charge in [0.05, 0.1) is 0 Å². The first-order valence-electron chi connectivity index (χ1n) is 9.99. The lowest BCUT2D eigenvalue weighted by atomic mass is 9.87. The van der Waals surface area contributed by atoms with Crippen molar-refractivity contribution in [2.24, 2.45) is 0 Å². The smallest absolute Gasteiger partial charge is 0.121 e. The van der Waals surface area contributed by atoms with E-state index in [-0.39, 0.29) is 0 Å². The van der Waals surface area contributed by atoms with Crippen LogP contribution in [0.2, 0.25) is 0 Å². The summed E-state index contributed by atoms with van der Waals surface area (Å²) in [6, 6.07) is 6.19. The molecule has 1 atom stereocenters. The third kappa shape index (κ3) is 10.4. The van der Waals surface area contributed by atoms with E-state index in [1.165, 1.54) is 56.9 Å². The Bertz CT molecular complexity index is 357. The van der Waals surface area contributed by atoms with Crippen molar-refractivity contribution in [1.82, 2.24) is 0 Å². The van der Waals surface area contributed by atoms with Gasteiger partial charge in [-0.25, -0.2) is 0 Å². The number of phenolic OH excluding ortho intramolecular Hbond substituents is 1. The van der Waals surface area contributed by atoms with Gasteiger partial charge in [-0.3, -0.25) is 0 Å². The minimum absolute atomic E-state index is 0.527. The number of benzene rings is 1. The second-order valence-electron chi connectivity index (χ2n) is 5.70. The summed E-state index contributed by atoms with van der Waals surface area (Å²) in [5.41, 5.74) is 2.18. The van der Waals surface area contributed by atoms with Crippen LogP contribution in [0.1, 0.15) is 110 Å². The lowest BCUT2D eigenvalue weighted by molar-refractivity contribution is 0.439. The maximum atomic E-state index is 10.3. The summed E-state index contributed by atoms with van der Waals surface area (Å²) in [7, 11) is 0. The normalized spacial score (nSPS) is 10.9. The van der Waals surface area contributed by atoms with Crippen LogP contribution in [0.15, 0.2) is 18.2 Å². The van der Waals surface area contributed by atoms with Crippen molar-refractivity contribution in [1.29, 1.82) is 0 Å². The first-order valence-corrected chi connectivity index (χ1v) is 9.99. The van der Waals surface area contributed by atoms with Gasteiger partial charge in [0, 0.05) is 0 Å². The second-order valence-corrected chi connectivity index (χ2v) is 5.70. The fourth-order valence-electron chi connectivity index (χ4n) is 2.73. The Kier molecular flexibility index (Phi) is 18.3. The van der Waals surface area contributed by atoms with Gasteiger partial charge in [0.15, 0.2) is 0 Å². The summed E-state index contributed by atoms with van der Waals surface area (Å²) in [4.78, 5) is 0. The van der Waals surface area contributed by atoms with E-state index in [9.17, 15) is 5.11 Å². The molecule has 0 aliphatic heterocycles. The number of hydrogen-bond donors (Lipinski definition) is 1. The molecular weight excluding hydrogens is 280 g/mol. The van der Waals surface area contributed by atoms with Crippen LogP contribution in [0, 0.1) is 6.92 Å². The summed E-state index contributed by atoms with van der Waals surface area (Å²) in [5, 5.41) is 10.3. The molecule has 1 N–H and O–H groups in total. The van der Waals surface area contributed by atoms with E-state index in [2.05, 4.69) is 26.0 Å². The zero-order valence-electron chi connectivity index (χ0n) is 16.9. The molecular formula is C22H42O. The van der Waals surface area contributed by atoms with Gasteiger partial charge < -0.3 is 5.11 Å². The minimum Gasteiger partial charge on any atom is -0.507 e. The van der Waals surface area contributed by atoms with Crippen LogP contribution in [0.5, 0.6) is 5.75 Å². The van der Waals surface area contributed by atoms with E-state index < -0.39 is 0 Å². The molecule has 0 aliphatic carbocycles. The van der Waals surface area contributed by atoms with Crippen molar-refractivity contribution in [2.75, 3.05) is 0 Å². The average Bonchev–Trinajstić information content (AvgIpc) is 2.61. The fraction of sp³-hybridized carbons (Fsp3) is 0.727. The van der Waals surface area contributed by atoms with E-state index in [1.54, 1.807) is 0 Å². The van der Waals surface area contributed by atoms with Gasteiger partial charge in [-0.05, 0) is 36.8 Å². The summed E-state index contributed by atoms with van der Waals surface area (Å²) < 4.78 is 0. The highest BCUT2D eigenvalue weighted by molar-refractivity contribution is 5.41. The number of aryl methyl sites for hydroxylation is 1. The molecule has 1 rings (SSSR count). The molecule has 136 valence electrons. The van der Waals surface area contributed by atoms with Crippen molar-refractivity contribution in [3.8, 4) is 5.75 Å². The van der Waals surface area contributed by atoms with E-state index in [1.807, 2.05) is 40.7 Å². The Balaban J connectivity index is 0. The number of rotatable bonds is 9. The van der Waals surface area contributed by atoms with Crippen LogP contribution in [0.3, 0.4) is 0 Å². The zero-order valence-corrected chi connectivity index (χ0v) is 16.9. The molecule has 23 heavy (non-hydrogen) atoms. The summed E-state index contributed by atoms with van der Waals surface area (Å²) in [5.74, 6) is 1.07. The quantitative estimate of drug-likeness (QED) is 0.456. The highest BCUT2D eigenvalue weighted by atomic mass is 16.3. The van der Waals surface area contributed by atoms with Gasteiger partial charge in [0.25, 0.3) is 0 Å². The SMILES string of the molecule is CC.CC.CCCCCCC(CCCC)c1cccc(C)c1O. The lowest BCUT2D eigenvalue weighted by Gasteiger charge is -2.19. The van der Waals surface area contributed by atoms with Gasteiger partial charge in [-0.1, -0.05) is 98.3 Å². The topological polar surface area (TPSA) is 20.2 Å². The zero-order chi connectivity index (χ0) is 18.1. The molecule has 0 heterocycles. The number of unbranched alkanes of at least 4 members (excludes halogenated alkanes) is 4. The second kappa shape index (κ2) is 17.4. The molecule has 1 aromatic carbocycles.